The van der Waals surface area contributed by atoms with Crippen LogP contribution in [0, 0.1) is 0 Å². The molecule has 0 saturated carbocycles. The van der Waals surface area contributed by atoms with E-state index in [2.05, 4.69) is 5.32 Å². The van der Waals surface area contributed by atoms with Gasteiger partial charge in [-0.05, 0) is 37.1 Å². The van der Waals surface area contributed by atoms with Gasteiger partial charge < -0.3 is 15.2 Å². The fourth-order valence-corrected chi connectivity index (χ4v) is 1.92. The number of aromatic carboxylic acids is 1. The number of rotatable bonds is 4. The molecule has 0 amide bonds. The van der Waals surface area contributed by atoms with Crippen LogP contribution in [0.15, 0.2) is 24.3 Å². The highest BCUT2D eigenvalue weighted by Crippen LogP contribution is 2.11. The van der Waals surface area contributed by atoms with E-state index in [1.807, 2.05) is 0 Å². The van der Waals surface area contributed by atoms with Gasteiger partial charge in [0, 0.05) is 6.54 Å². The van der Waals surface area contributed by atoms with E-state index in [-0.39, 0.29) is 6.10 Å². The Labute approximate surface area is 101 Å². The van der Waals surface area contributed by atoms with E-state index in [1.165, 1.54) is 0 Å². The second-order valence-corrected chi connectivity index (χ2v) is 4.28. The minimum absolute atomic E-state index is 0.280. The second kappa shape index (κ2) is 5.80. The molecule has 92 valence electrons. The lowest BCUT2D eigenvalue weighted by molar-refractivity contribution is 0.0253. The molecule has 1 fully saturated rings. The quantitative estimate of drug-likeness (QED) is 0.833. The maximum Gasteiger partial charge on any atom is 0.335 e. The lowest BCUT2D eigenvalue weighted by Gasteiger charge is -2.23. The van der Waals surface area contributed by atoms with Gasteiger partial charge in [-0.1, -0.05) is 12.1 Å². The Morgan fingerprint density at radius 2 is 2.18 bits per heavy atom. The second-order valence-electron chi connectivity index (χ2n) is 4.28. The number of ether oxygens (including phenoxy) is 1. The van der Waals surface area contributed by atoms with Gasteiger partial charge in [-0.25, -0.2) is 4.79 Å². The number of benzene rings is 1. The zero-order chi connectivity index (χ0) is 12.1. The van der Waals surface area contributed by atoms with Gasteiger partial charge in [0.25, 0.3) is 0 Å². The molecule has 0 spiro atoms. The van der Waals surface area contributed by atoms with Crippen molar-refractivity contribution in [2.45, 2.75) is 25.6 Å². The van der Waals surface area contributed by atoms with Crippen molar-refractivity contribution in [1.82, 2.24) is 5.32 Å². The Bertz CT molecular complexity index is 369. The van der Waals surface area contributed by atoms with Gasteiger partial charge in [-0.15, -0.1) is 0 Å². The molecule has 2 rings (SSSR count). The summed E-state index contributed by atoms with van der Waals surface area (Å²) in [7, 11) is 0. The maximum atomic E-state index is 10.7. The summed E-state index contributed by atoms with van der Waals surface area (Å²) in [4.78, 5) is 10.7. The number of carboxylic acids is 1. The maximum absolute atomic E-state index is 10.7. The van der Waals surface area contributed by atoms with Gasteiger partial charge in [0.2, 0.25) is 0 Å². The van der Waals surface area contributed by atoms with Crippen LogP contribution in [0.25, 0.3) is 0 Å². The van der Waals surface area contributed by atoms with E-state index in [1.54, 1.807) is 24.3 Å². The molecule has 0 unspecified atom stereocenters. The molecule has 1 aromatic rings. The third-order valence-electron chi connectivity index (χ3n) is 2.94. The van der Waals surface area contributed by atoms with Crippen molar-refractivity contribution in [2.24, 2.45) is 0 Å². The van der Waals surface area contributed by atoms with Crippen LogP contribution in [0.4, 0.5) is 0 Å². The molecule has 2 N–H and O–H groups in total. The minimum Gasteiger partial charge on any atom is -0.478 e. The topological polar surface area (TPSA) is 58.6 Å². The number of piperidine rings is 1. The summed E-state index contributed by atoms with van der Waals surface area (Å²) in [6.45, 7) is 2.53. The average molecular weight is 235 g/mol. The van der Waals surface area contributed by atoms with Crippen LogP contribution in [-0.2, 0) is 11.3 Å². The normalized spacial score (nSPS) is 20.1. The van der Waals surface area contributed by atoms with Crippen molar-refractivity contribution in [1.29, 1.82) is 0 Å². The van der Waals surface area contributed by atoms with Gasteiger partial charge in [0.15, 0.2) is 0 Å². The van der Waals surface area contributed by atoms with E-state index >= 15 is 0 Å². The highest BCUT2D eigenvalue weighted by atomic mass is 16.5. The molecule has 1 aromatic carbocycles. The van der Waals surface area contributed by atoms with Crippen LogP contribution in [0.3, 0.4) is 0 Å². The van der Waals surface area contributed by atoms with E-state index < -0.39 is 5.97 Å². The van der Waals surface area contributed by atoms with E-state index in [0.717, 1.165) is 31.5 Å². The number of nitrogens with one attached hydrogen (secondary N) is 1. The molecule has 4 nitrogen and oxygen atoms in total. The Morgan fingerprint density at radius 1 is 1.41 bits per heavy atom. The molecular weight excluding hydrogens is 218 g/mol. The lowest BCUT2D eigenvalue weighted by Crippen LogP contribution is -2.35. The van der Waals surface area contributed by atoms with Crippen molar-refractivity contribution in [3.8, 4) is 0 Å². The van der Waals surface area contributed by atoms with Gasteiger partial charge >= 0.3 is 5.97 Å². The first-order chi connectivity index (χ1) is 8.25. The van der Waals surface area contributed by atoms with Gasteiger partial charge in [0.1, 0.15) is 0 Å². The molecule has 1 atom stereocenters. The first-order valence-electron chi connectivity index (χ1n) is 5.90. The number of carboxylic acid groups (broad SMARTS) is 1. The number of carbonyl (C=O) groups is 1. The summed E-state index contributed by atoms with van der Waals surface area (Å²) in [6, 6.07) is 6.83. The molecule has 1 saturated heterocycles. The lowest BCUT2D eigenvalue weighted by atomic mass is 10.1. The molecule has 1 heterocycles. The van der Waals surface area contributed by atoms with Gasteiger partial charge in [-0.3, -0.25) is 0 Å². The SMILES string of the molecule is O=C(O)c1ccc(CO[C@H]2CCCNC2)cc1. The molecule has 17 heavy (non-hydrogen) atoms. The highest BCUT2D eigenvalue weighted by molar-refractivity contribution is 5.87. The molecule has 0 aliphatic carbocycles. The van der Waals surface area contributed by atoms with E-state index in [9.17, 15) is 4.79 Å². The molecule has 0 bridgehead atoms. The zero-order valence-corrected chi connectivity index (χ0v) is 9.69. The number of hydrogen-bond acceptors (Lipinski definition) is 3. The molecule has 0 radical (unpaired) electrons. The van der Waals surface area contributed by atoms with E-state index in [0.29, 0.717) is 12.2 Å². The van der Waals surface area contributed by atoms with Crippen LogP contribution >= 0.6 is 0 Å². The molecule has 1 aliphatic rings. The summed E-state index contributed by atoms with van der Waals surface area (Å²) >= 11 is 0. The molecular formula is C13H17NO3. The Hall–Kier alpha value is -1.39. The van der Waals surface area contributed by atoms with E-state index in [4.69, 9.17) is 9.84 Å². The van der Waals surface area contributed by atoms with Gasteiger partial charge in [-0.2, -0.15) is 0 Å². The summed E-state index contributed by atoms with van der Waals surface area (Å²) in [6.07, 6.45) is 2.53. The number of hydrogen-bond donors (Lipinski definition) is 2. The minimum atomic E-state index is -0.894. The van der Waals surface area contributed by atoms with Crippen LogP contribution < -0.4 is 5.32 Å². The summed E-state index contributed by atoms with van der Waals surface area (Å²) in [5.41, 5.74) is 1.33. The Balaban J connectivity index is 1.84. The van der Waals surface area contributed by atoms with Crippen molar-refractivity contribution >= 4 is 5.97 Å². The summed E-state index contributed by atoms with van der Waals surface area (Å²) in [5.74, 6) is -0.894. The fourth-order valence-electron chi connectivity index (χ4n) is 1.92. The van der Waals surface area contributed by atoms with Crippen LogP contribution in [-0.4, -0.2) is 30.3 Å². The molecule has 0 aromatic heterocycles. The highest BCUT2D eigenvalue weighted by Gasteiger charge is 2.13. The summed E-state index contributed by atoms with van der Waals surface area (Å²) in [5, 5.41) is 12.1. The first kappa shape index (κ1) is 12.1. The largest absolute Gasteiger partial charge is 0.478 e. The zero-order valence-electron chi connectivity index (χ0n) is 9.69. The predicted octanol–water partition coefficient (Wildman–Crippen LogP) is 1.65. The third-order valence-corrected chi connectivity index (χ3v) is 2.94. The van der Waals surface area contributed by atoms with Crippen LogP contribution in [0.2, 0.25) is 0 Å². The monoisotopic (exact) mass is 235 g/mol. The first-order valence-corrected chi connectivity index (χ1v) is 5.90. The average Bonchev–Trinajstić information content (AvgIpc) is 2.38. The standard InChI is InChI=1S/C13H17NO3/c15-13(16)11-5-3-10(4-6-11)9-17-12-2-1-7-14-8-12/h3-6,12,14H,1-2,7-9H2,(H,15,16)/t12-/m0/s1. The van der Waals surface area contributed by atoms with Crippen molar-refractivity contribution in [3.63, 3.8) is 0 Å². The van der Waals surface area contributed by atoms with Crippen molar-refractivity contribution < 1.29 is 14.6 Å². The third kappa shape index (κ3) is 3.54. The van der Waals surface area contributed by atoms with Crippen molar-refractivity contribution in [3.05, 3.63) is 35.4 Å². The van der Waals surface area contributed by atoms with Gasteiger partial charge in [0.05, 0.1) is 18.3 Å². The fraction of sp³-hybridized carbons (Fsp3) is 0.462. The smallest absolute Gasteiger partial charge is 0.335 e. The van der Waals surface area contributed by atoms with Crippen molar-refractivity contribution in [2.75, 3.05) is 13.1 Å². The molecule has 4 heteroatoms. The van der Waals surface area contributed by atoms with Crippen LogP contribution in [0.1, 0.15) is 28.8 Å². The Kier molecular flexibility index (Phi) is 4.12. The molecule has 1 aliphatic heterocycles. The predicted molar refractivity (Wildman–Crippen MR) is 64.1 cm³/mol. The van der Waals surface area contributed by atoms with Crippen LogP contribution in [0.5, 0.6) is 0 Å². The Morgan fingerprint density at radius 3 is 2.76 bits per heavy atom. The summed E-state index contributed by atoms with van der Waals surface area (Å²) < 4.78 is 5.76.